The second-order valence-corrected chi connectivity index (χ2v) is 6.43. The Labute approximate surface area is 162 Å². The molecule has 146 valence electrons. The first-order chi connectivity index (χ1) is 13.1. The number of anilines is 1. The molecule has 0 fully saturated rings. The maximum atomic E-state index is 13.1. The maximum absolute atomic E-state index is 13.1. The molecule has 28 heavy (non-hydrogen) atoms. The van der Waals surface area contributed by atoms with E-state index in [2.05, 4.69) is 10.3 Å². The van der Waals surface area contributed by atoms with Gasteiger partial charge in [-0.3, -0.25) is 4.79 Å². The topological polar surface area (TPSA) is 71.2 Å². The average molecular weight is 411 g/mol. The summed E-state index contributed by atoms with van der Waals surface area (Å²) in [6, 6.07) is 11.7. The summed E-state index contributed by atoms with van der Waals surface area (Å²) in [7, 11) is 0. The van der Waals surface area contributed by atoms with E-state index in [1.165, 1.54) is 13.0 Å². The first kappa shape index (κ1) is 19.8. The monoisotopic (exact) mass is 410 g/mol. The highest BCUT2D eigenvalue weighted by Gasteiger charge is 2.34. The second kappa shape index (κ2) is 7.55. The Morgan fingerprint density at radius 2 is 1.86 bits per heavy atom. The molecular formula is C19H14ClF3N2O3. The largest absolute Gasteiger partial charge is 0.448 e. The van der Waals surface area contributed by atoms with Crippen LogP contribution in [0.4, 0.5) is 18.9 Å². The number of ether oxygens (including phenoxy) is 1. The van der Waals surface area contributed by atoms with Gasteiger partial charge in [0.25, 0.3) is 5.91 Å². The van der Waals surface area contributed by atoms with Crippen LogP contribution in [0.25, 0.3) is 10.9 Å². The second-order valence-electron chi connectivity index (χ2n) is 5.99. The fourth-order valence-corrected chi connectivity index (χ4v) is 2.73. The van der Waals surface area contributed by atoms with Crippen LogP contribution in [-0.4, -0.2) is 23.0 Å². The zero-order chi connectivity index (χ0) is 20.5. The highest BCUT2D eigenvalue weighted by atomic mass is 35.5. The number of amides is 1. The minimum atomic E-state index is -4.71. The SMILES string of the molecule is CC(OC(=O)c1cc2ccccc2[nH]1)C(=O)Nc1ccc(Cl)cc1C(F)(F)F. The van der Waals surface area contributed by atoms with Crippen LogP contribution < -0.4 is 5.32 Å². The van der Waals surface area contributed by atoms with E-state index in [1.807, 2.05) is 0 Å². The fraction of sp³-hybridized carbons (Fsp3) is 0.158. The lowest BCUT2D eigenvalue weighted by Crippen LogP contribution is -2.30. The number of H-pyrrole nitrogens is 1. The Balaban J connectivity index is 1.72. The molecule has 3 aromatic rings. The zero-order valence-electron chi connectivity index (χ0n) is 14.4. The van der Waals surface area contributed by atoms with Crippen LogP contribution in [0.5, 0.6) is 0 Å². The third kappa shape index (κ3) is 4.28. The summed E-state index contributed by atoms with van der Waals surface area (Å²) in [4.78, 5) is 27.3. The highest BCUT2D eigenvalue weighted by molar-refractivity contribution is 6.30. The number of fused-ring (bicyclic) bond motifs is 1. The third-order valence-corrected chi connectivity index (χ3v) is 4.18. The number of nitrogens with one attached hydrogen (secondary N) is 2. The number of aromatic amines is 1. The molecule has 0 bridgehead atoms. The van der Waals surface area contributed by atoms with Crippen molar-refractivity contribution >= 4 is 40.1 Å². The van der Waals surface area contributed by atoms with Crippen molar-refractivity contribution in [3.63, 3.8) is 0 Å². The van der Waals surface area contributed by atoms with Crippen LogP contribution in [0.2, 0.25) is 5.02 Å². The molecule has 0 spiro atoms. The fourth-order valence-electron chi connectivity index (χ4n) is 2.56. The molecule has 0 aliphatic rings. The Morgan fingerprint density at radius 1 is 1.14 bits per heavy atom. The van der Waals surface area contributed by atoms with E-state index >= 15 is 0 Å². The minimum absolute atomic E-state index is 0.122. The van der Waals surface area contributed by atoms with E-state index in [4.69, 9.17) is 16.3 Å². The number of carbonyl (C=O) groups excluding carboxylic acids is 2. The Morgan fingerprint density at radius 3 is 2.54 bits per heavy atom. The molecule has 9 heteroatoms. The molecule has 0 saturated carbocycles. The lowest BCUT2D eigenvalue weighted by Gasteiger charge is -2.17. The molecule has 1 heterocycles. The van der Waals surface area contributed by atoms with E-state index in [1.54, 1.807) is 30.3 Å². The molecule has 0 aliphatic heterocycles. The van der Waals surface area contributed by atoms with Crippen molar-refractivity contribution in [1.29, 1.82) is 0 Å². The third-order valence-electron chi connectivity index (χ3n) is 3.95. The summed E-state index contributed by atoms with van der Waals surface area (Å²) in [5.41, 5.74) is -0.733. The molecule has 1 aromatic heterocycles. The van der Waals surface area contributed by atoms with Gasteiger partial charge < -0.3 is 15.0 Å². The van der Waals surface area contributed by atoms with E-state index in [0.29, 0.717) is 11.6 Å². The molecule has 0 saturated heterocycles. The molecule has 1 amide bonds. The zero-order valence-corrected chi connectivity index (χ0v) is 15.2. The van der Waals surface area contributed by atoms with Crippen molar-refractivity contribution in [3.05, 3.63) is 64.8 Å². The van der Waals surface area contributed by atoms with Gasteiger partial charge in [-0.15, -0.1) is 0 Å². The number of hydrogen-bond acceptors (Lipinski definition) is 3. The van der Waals surface area contributed by atoms with Crippen molar-refractivity contribution in [2.45, 2.75) is 19.2 Å². The lowest BCUT2D eigenvalue weighted by atomic mass is 10.1. The van der Waals surface area contributed by atoms with Gasteiger partial charge in [0, 0.05) is 15.9 Å². The number of aromatic nitrogens is 1. The predicted molar refractivity (Wildman–Crippen MR) is 98.3 cm³/mol. The van der Waals surface area contributed by atoms with Crippen LogP contribution in [-0.2, 0) is 15.7 Å². The number of para-hydroxylation sites is 1. The minimum Gasteiger partial charge on any atom is -0.448 e. The summed E-state index contributed by atoms with van der Waals surface area (Å²) in [5.74, 6) is -1.71. The van der Waals surface area contributed by atoms with Gasteiger partial charge in [-0.2, -0.15) is 13.2 Å². The van der Waals surface area contributed by atoms with E-state index in [0.717, 1.165) is 11.5 Å². The highest BCUT2D eigenvalue weighted by Crippen LogP contribution is 2.36. The van der Waals surface area contributed by atoms with Crippen LogP contribution in [0.15, 0.2) is 48.5 Å². The molecule has 0 radical (unpaired) electrons. The van der Waals surface area contributed by atoms with Crippen molar-refractivity contribution < 1.29 is 27.5 Å². The van der Waals surface area contributed by atoms with Crippen molar-refractivity contribution in [1.82, 2.24) is 4.98 Å². The van der Waals surface area contributed by atoms with Crippen molar-refractivity contribution in [2.24, 2.45) is 0 Å². The van der Waals surface area contributed by atoms with Crippen LogP contribution in [0.3, 0.4) is 0 Å². The molecule has 5 nitrogen and oxygen atoms in total. The van der Waals surface area contributed by atoms with E-state index in [9.17, 15) is 22.8 Å². The molecule has 3 rings (SSSR count). The Hall–Kier alpha value is -3.00. The number of alkyl halides is 3. The van der Waals surface area contributed by atoms with Gasteiger partial charge in [0.15, 0.2) is 6.10 Å². The number of hydrogen-bond donors (Lipinski definition) is 2. The maximum Gasteiger partial charge on any atom is 0.418 e. The number of halogens is 4. The van der Waals surface area contributed by atoms with E-state index in [-0.39, 0.29) is 10.7 Å². The standard InChI is InChI=1S/C19H14ClF3N2O3/c1-10(28-18(27)16-8-11-4-2-3-5-14(11)24-16)17(26)25-15-7-6-12(20)9-13(15)19(21,22)23/h2-10,24H,1H3,(H,25,26). The number of benzene rings is 2. The molecule has 2 aromatic carbocycles. The summed E-state index contributed by atoms with van der Waals surface area (Å²) in [5, 5.41) is 2.78. The van der Waals surface area contributed by atoms with Crippen molar-refractivity contribution in [3.8, 4) is 0 Å². The van der Waals surface area contributed by atoms with Crippen LogP contribution in [0.1, 0.15) is 23.0 Å². The van der Waals surface area contributed by atoms with Gasteiger partial charge in [0.05, 0.1) is 11.3 Å². The van der Waals surface area contributed by atoms with Crippen LogP contribution >= 0.6 is 11.6 Å². The van der Waals surface area contributed by atoms with Gasteiger partial charge >= 0.3 is 12.1 Å². The van der Waals surface area contributed by atoms with Gasteiger partial charge in [0.1, 0.15) is 5.69 Å². The first-order valence-electron chi connectivity index (χ1n) is 8.11. The molecule has 1 atom stereocenters. The summed E-state index contributed by atoms with van der Waals surface area (Å²) < 4.78 is 44.4. The lowest BCUT2D eigenvalue weighted by molar-refractivity contribution is -0.137. The van der Waals surface area contributed by atoms with Gasteiger partial charge in [-0.25, -0.2) is 4.79 Å². The van der Waals surface area contributed by atoms with Gasteiger partial charge in [-0.1, -0.05) is 29.8 Å². The smallest absolute Gasteiger partial charge is 0.418 e. The molecule has 1 unspecified atom stereocenters. The number of carbonyl (C=O) groups is 2. The number of rotatable bonds is 4. The predicted octanol–water partition coefficient (Wildman–Crippen LogP) is 5.02. The summed E-state index contributed by atoms with van der Waals surface area (Å²) in [6.07, 6.45) is -6.03. The van der Waals surface area contributed by atoms with Gasteiger partial charge in [0.2, 0.25) is 0 Å². The van der Waals surface area contributed by atoms with Gasteiger partial charge in [-0.05, 0) is 37.3 Å². The Bertz CT molecular complexity index is 1010. The molecule has 0 aliphatic carbocycles. The van der Waals surface area contributed by atoms with E-state index < -0.39 is 35.4 Å². The summed E-state index contributed by atoms with van der Waals surface area (Å²) >= 11 is 5.61. The summed E-state index contributed by atoms with van der Waals surface area (Å²) in [6.45, 7) is 1.26. The Kier molecular flexibility index (Phi) is 5.33. The first-order valence-corrected chi connectivity index (χ1v) is 8.49. The van der Waals surface area contributed by atoms with Crippen LogP contribution in [0, 0.1) is 0 Å². The molecule has 2 N–H and O–H groups in total. The van der Waals surface area contributed by atoms with Crippen molar-refractivity contribution in [2.75, 3.05) is 5.32 Å². The average Bonchev–Trinajstić information content (AvgIpc) is 3.06. The normalized spacial score (nSPS) is 12.6. The number of esters is 1. The quantitative estimate of drug-likeness (QED) is 0.593. The molecular weight excluding hydrogens is 397 g/mol.